The summed E-state index contributed by atoms with van der Waals surface area (Å²) in [6.45, 7) is 5.72. The van der Waals surface area contributed by atoms with Gasteiger partial charge in [0.15, 0.2) is 0 Å². The smallest absolute Gasteiger partial charge is 0.00420 e. The van der Waals surface area contributed by atoms with E-state index in [1.54, 1.807) is 0 Å². The van der Waals surface area contributed by atoms with Crippen LogP contribution < -0.4 is 5.32 Å². The number of nitrogens with one attached hydrogen (secondary N) is 1. The topological polar surface area (TPSA) is 12.0 Å². The molecule has 0 aromatic heterocycles. The summed E-state index contributed by atoms with van der Waals surface area (Å²) >= 11 is 2.11. The summed E-state index contributed by atoms with van der Waals surface area (Å²) in [5, 5.41) is 3.73. The summed E-state index contributed by atoms with van der Waals surface area (Å²) in [6.07, 6.45) is 5.24. The minimum atomic E-state index is 0.634. The van der Waals surface area contributed by atoms with Crippen molar-refractivity contribution in [3.05, 3.63) is 35.4 Å². The zero-order valence-electron chi connectivity index (χ0n) is 12.3. The van der Waals surface area contributed by atoms with Gasteiger partial charge in [-0.3, -0.25) is 0 Å². The Hall–Kier alpha value is -0.470. The predicted octanol–water partition coefficient (Wildman–Crippen LogP) is 4.05. The van der Waals surface area contributed by atoms with Crippen molar-refractivity contribution < 1.29 is 0 Å². The molecule has 0 saturated carbocycles. The number of benzene rings is 1. The highest BCUT2D eigenvalue weighted by Gasteiger charge is 2.14. The third-order valence-electron chi connectivity index (χ3n) is 4.04. The fourth-order valence-corrected chi connectivity index (χ4v) is 3.88. The number of hydrogen-bond donors (Lipinski definition) is 1. The molecular formula is C17H27NS. The van der Waals surface area contributed by atoms with Crippen LogP contribution in [0.2, 0.25) is 0 Å². The minimum absolute atomic E-state index is 0.634. The van der Waals surface area contributed by atoms with Gasteiger partial charge in [0.2, 0.25) is 0 Å². The number of hydrogen-bond acceptors (Lipinski definition) is 2. The van der Waals surface area contributed by atoms with E-state index in [1.807, 2.05) is 0 Å². The second-order valence-corrected chi connectivity index (χ2v) is 7.12. The van der Waals surface area contributed by atoms with E-state index < -0.39 is 0 Å². The van der Waals surface area contributed by atoms with Gasteiger partial charge in [-0.15, -0.1) is 0 Å². The van der Waals surface area contributed by atoms with Crippen LogP contribution in [-0.2, 0) is 6.42 Å². The molecule has 1 aromatic rings. The maximum absolute atomic E-state index is 3.73. The van der Waals surface area contributed by atoms with E-state index >= 15 is 0 Å². The fraction of sp³-hybridized carbons (Fsp3) is 0.647. The summed E-state index contributed by atoms with van der Waals surface area (Å²) in [4.78, 5) is 0. The lowest BCUT2D eigenvalue weighted by Crippen LogP contribution is -2.33. The van der Waals surface area contributed by atoms with E-state index in [0.717, 1.165) is 5.92 Å². The standard InChI is InChI=1S/C17H27NS/c1-14-4-3-5-16(12-14)7-6-15(2)18-13-17-8-10-19-11-9-17/h3-5,12,15,17-18H,6-11,13H2,1-2H3. The highest BCUT2D eigenvalue weighted by molar-refractivity contribution is 7.99. The van der Waals surface area contributed by atoms with E-state index in [0.29, 0.717) is 6.04 Å². The van der Waals surface area contributed by atoms with Gasteiger partial charge in [-0.1, -0.05) is 29.8 Å². The molecule has 1 nitrogen and oxygen atoms in total. The van der Waals surface area contributed by atoms with Gasteiger partial charge >= 0.3 is 0 Å². The van der Waals surface area contributed by atoms with Crippen LogP contribution >= 0.6 is 11.8 Å². The number of aryl methyl sites for hydroxylation is 2. The summed E-state index contributed by atoms with van der Waals surface area (Å²) in [6, 6.07) is 9.54. The SMILES string of the molecule is Cc1cccc(CCC(C)NCC2CCSCC2)c1. The van der Waals surface area contributed by atoms with Gasteiger partial charge in [0.1, 0.15) is 0 Å². The maximum Gasteiger partial charge on any atom is 0.00420 e. The normalized spacial score (nSPS) is 18.4. The molecule has 1 atom stereocenters. The molecule has 1 aromatic carbocycles. The highest BCUT2D eigenvalue weighted by Crippen LogP contribution is 2.22. The van der Waals surface area contributed by atoms with Crippen molar-refractivity contribution >= 4 is 11.8 Å². The molecule has 0 radical (unpaired) electrons. The van der Waals surface area contributed by atoms with E-state index in [1.165, 1.54) is 54.9 Å². The molecule has 0 bridgehead atoms. The Morgan fingerprint density at radius 2 is 2.11 bits per heavy atom. The molecule has 2 heteroatoms. The van der Waals surface area contributed by atoms with Gasteiger partial charge in [0.05, 0.1) is 0 Å². The lowest BCUT2D eigenvalue weighted by atomic mass is 10.0. The predicted molar refractivity (Wildman–Crippen MR) is 87.0 cm³/mol. The van der Waals surface area contributed by atoms with Crippen molar-refractivity contribution in [2.24, 2.45) is 5.92 Å². The minimum Gasteiger partial charge on any atom is -0.314 e. The third kappa shape index (κ3) is 5.58. The summed E-state index contributed by atoms with van der Waals surface area (Å²) in [5.74, 6) is 3.65. The average molecular weight is 277 g/mol. The van der Waals surface area contributed by atoms with Crippen molar-refractivity contribution in [2.75, 3.05) is 18.1 Å². The molecule has 1 aliphatic rings. The van der Waals surface area contributed by atoms with Crippen LogP contribution in [0.25, 0.3) is 0 Å². The molecule has 1 fully saturated rings. The molecule has 1 N–H and O–H groups in total. The number of rotatable bonds is 6. The van der Waals surface area contributed by atoms with Crippen LogP contribution in [0.4, 0.5) is 0 Å². The van der Waals surface area contributed by atoms with E-state index in [2.05, 4.69) is 55.2 Å². The summed E-state index contributed by atoms with van der Waals surface area (Å²) < 4.78 is 0. The first kappa shape index (κ1) is 14.9. The molecule has 0 aliphatic carbocycles. The monoisotopic (exact) mass is 277 g/mol. The lowest BCUT2D eigenvalue weighted by Gasteiger charge is -2.24. The first-order valence-electron chi connectivity index (χ1n) is 7.60. The van der Waals surface area contributed by atoms with Crippen LogP contribution in [0, 0.1) is 12.8 Å². The van der Waals surface area contributed by atoms with Crippen LogP contribution in [0.3, 0.4) is 0 Å². The Kier molecular flexibility index (Phi) is 6.25. The molecule has 2 rings (SSSR count). The molecule has 1 aliphatic heterocycles. The van der Waals surface area contributed by atoms with Crippen molar-refractivity contribution in [2.45, 2.75) is 45.6 Å². The third-order valence-corrected chi connectivity index (χ3v) is 5.09. The van der Waals surface area contributed by atoms with Gasteiger partial charge in [-0.25, -0.2) is 0 Å². The zero-order chi connectivity index (χ0) is 13.5. The van der Waals surface area contributed by atoms with Crippen molar-refractivity contribution in [1.82, 2.24) is 5.32 Å². The van der Waals surface area contributed by atoms with Gasteiger partial charge in [0, 0.05) is 6.04 Å². The summed E-state index contributed by atoms with van der Waals surface area (Å²) in [5.41, 5.74) is 2.85. The van der Waals surface area contributed by atoms with Crippen molar-refractivity contribution in [3.63, 3.8) is 0 Å². The molecule has 1 heterocycles. The molecular weight excluding hydrogens is 250 g/mol. The molecule has 1 saturated heterocycles. The number of thioether (sulfide) groups is 1. The van der Waals surface area contributed by atoms with Gasteiger partial charge in [-0.2, -0.15) is 11.8 Å². The van der Waals surface area contributed by atoms with Crippen LogP contribution in [-0.4, -0.2) is 24.1 Å². The lowest BCUT2D eigenvalue weighted by molar-refractivity contribution is 0.406. The Labute approximate surface area is 122 Å². The Balaban J connectivity index is 1.65. The van der Waals surface area contributed by atoms with Crippen LogP contribution in [0.5, 0.6) is 0 Å². The van der Waals surface area contributed by atoms with Gasteiger partial charge in [0.25, 0.3) is 0 Å². The van der Waals surface area contributed by atoms with E-state index in [9.17, 15) is 0 Å². The Morgan fingerprint density at radius 1 is 1.32 bits per heavy atom. The largest absolute Gasteiger partial charge is 0.314 e. The molecule has 19 heavy (non-hydrogen) atoms. The van der Waals surface area contributed by atoms with Crippen molar-refractivity contribution in [3.8, 4) is 0 Å². The van der Waals surface area contributed by atoms with E-state index in [4.69, 9.17) is 0 Å². The maximum atomic E-state index is 3.73. The molecule has 0 amide bonds. The molecule has 1 unspecified atom stereocenters. The fourth-order valence-electron chi connectivity index (χ4n) is 2.67. The molecule has 106 valence electrons. The first-order valence-corrected chi connectivity index (χ1v) is 8.76. The van der Waals surface area contributed by atoms with Crippen molar-refractivity contribution in [1.29, 1.82) is 0 Å². The molecule has 0 spiro atoms. The van der Waals surface area contributed by atoms with Gasteiger partial charge in [-0.05, 0) is 69.1 Å². The Bertz CT molecular complexity index is 371. The Morgan fingerprint density at radius 3 is 2.84 bits per heavy atom. The summed E-state index contributed by atoms with van der Waals surface area (Å²) in [7, 11) is 0. The highest BCUT2D eigenvalue weighted by atomic mass is 32.2. The van der Waals surface area contributed by atoms with E-state index in [-0.39, 0.29) is 0 Å². The van der Waals surface area contributed by atoms with Crippen LogP contribution in [0.15, 0.2) is 24.3 Å². The van der Waals surface area contributed by atoms with Gasteiger partial charge < -0.3 is 5.32 Å². The van der Waals surface area contributed by atoms with Crippen LogP contribution in [0.1, 0.15) is 37.3 Å². The zero-order valence-corrected chi connectivity index (χ0v) is 13.1. The average Bonchev–Trinajstić information content (AvgIpc) is 2.44. The second-order valence-electron chi connectivity index (χ2n) is 5.89. The quantitative estimate of drug-likeness (QED) is 0.842. The first-order chi connectivity index (χ1) is 9.24. The second kappa shape index (κ2) is 7.96.